The number of hydrogen-bond acceptors (Lipinski definition) is 5. The molecule has 3 rings (SSSR count). The van der Waals surface area contributed by atoms with Crippen LogP contribution >= 0.6 is 24.0 Å². The third-order valence-corrected chi connectivity index (χ3v) is 4.96. The molecule has 5 nitrogen and oxygen atoms in total. The van der Waals surface area contributed by atoms with E-state index in [-0.39, 0.29) is 24.8 Å². The number of furan rings is 1. The molecule has 1 aliphatic heterocycles. The summed E-state index contributed by atoms with van der Waals surface area (Å²) >= 11 is 6.47. The minimum atomic E-state index is -0.192. The van der Waals surface area contributed by atoms with Crippen molar-refractivity contribution in [2.24, 2.45) is 0 Å². The molecule has 0 aliphatic carbocycles. The van der Waals surface area contributed by atoms with Crippen LogP contribution in [0.15, 0.2) is 58.1 Å². The van der Waals surface area contributed by atoms with Crippen LogP contribution < -0.4 is 5.32 Å². The Kier molecular flexibility index (Phi) is 5.67. The smallest absolute Gasteiger partial charge is 0.266 e. The van der Waals surface area contributed by atoms with Gasteiger partial charge in [0.2, 0.25) is 5.91 Å². The molecule has 2 heterocycles. The fourth-order valence-electron chi connectivity index (χ4n) is 2.29. The third kappa shape index (κ3) is 4.58. The van der Waals surface area contributed by atoms with Crippen molar-refractivity contribution in [1.82, 2.24) is 10.2 Å². The number of carbonyl (C=O) groups excluding carboxylic acids is 2. The Balaban J connectivity index is 1.51. The van der Waals surface area contributed by atoms with Crippen molar-refractivity contribution in [3.05, 3.63) is 65.0 Å². The highest BCUT2D eigenvalue weighted by Gasteiger charge is 2.32. The molecule has 1 N–H and O–H groups in total. The molecule has 7 heteroatoms. The van der Waals surface area contributed by atoms with Gasteiger partial charge in [0.1, 0.15) is 10.1 Å². The summed E-state index contributed by atoms with van der Waals surface area (Å²) in [5.41, 5.74) is 1.03. The zero-order valence-corrected chi connectivity index (χ0v) is 14.9. The molecule has 0 radical (unpaired) electrons. The van der Waals surface area contributed by atoms with E-state index in [2.05, 4.69) is 5.32 Å². The van der Waals surface area contributed by atoms with Crippen molar-refractivity contribution in [2.75, 3.05) is 6.54 Å². The summed E-state index contributed by atoms with van der Waals surface area (Å²) in [6, 6.07) is 13.2. The van der Waals surface area contributed by atoms with E-state index in [1.165, 1.54) is 16.7 Å². The highest BCUT2D eigenvalue weighted by atomic mass is 32.2. The van der Waals surface area contributed by atoms with Gasteiger partial charge in [0.05, 0.1) is 11.2 Å². The van der Waals surface area contributed by atoms with Crippen LogP contribution in [0.1, 0.15) is 17.7 Å². The van der Waals surface area contributed by atoms with E-state index < -0.39 is 0 Å². The maximum absolute atomic E-state index is 12.4. The number of benzene rings is 1. The summed E-state index contributed by atoms with van der Waals surface area (Å²) in [4.78, 5) is 26.4. The molecular weight excluding hydrogens is 356 g/mol. The molecule has 0 bridgehead atoms. The lowest BCUT2D eigenvalue weighted by molar-refractivity contribution is -0.123. The van der Waals surface area contributed by atoms with Gasteiger partial charge in [0, 0.05) is 25.6 Å². The Morgan fingerprint density at radius 3 is 2.76 bits per heavy atom. The minimum Gasteiger partial charge on any atom is -0.465 e. The highest BCUT2D eigenvalue weighted by molar-refractivity contribution is 8.26. The Morgan fingerprint density at radius 1 is 1.24 bits per heavy atom. The highest BCUT2D eigenvalue weighted by Crippen LogP contribution is 2.32. The Bertz CT molecular complexity index is 801. The third-order valence-electron chi connectivity index (χ3n) is 3.59. The number of carbonyl (C=O) groups is 2. The lowest BCUT2D eigenvalue weighted by Crippen LogP contribution is -2.33. The normalized spacial score (nSPS) is 15.8. The van der Waals surface area contributed by atoms with Crippen LogP contribution in [-0.4, -0.2) is 27.6 Å². The number of nitrogens with one attached hydrogen (secondary N) is 1. The monoisotopic (exact) mass is 372 g/mol. The minimum absolute atomic E-state index is 0.118. The Hall–Kier alpha value is -2.38. The van der Waals surface area contributed by atoms with Gasteiger partial charge in [-0.3, -0.25) is 14.5 Å². The average Bonchev–Trinajstić information content (AvgIpc) is 3.22. The van der Waals surface area contributed by atoms with Gasteiger partial charge >= 0.3 is 0 Å². The van der Waals surface area contributed by atoms with E-state index >= 15 is 0 Å². The molecule has 128 valence electrons. The van der Waals surface area contributed by atoms with Gasteiger partial charge in [0.25, 0.3) is 5.91 Å². The van der Waals surface area contributed by atoms with Gasteiger partial charge in [0.15, 0.2) is 0 Å². The number of rotatable bonds is 6. The van der Waals surface area contributed by atoms with Crippen LogP contribution in [0.4, 0.5) is 0 Å². The van der Waals surface area contributed by atoms with Crippen LogP contribution in [-0.2, 0) is 16.1 Å². The van der Waals surface area contributed by atoms with Gasteiger partial charge in [-0.1, -0.05) is 54.3 Å². The largest absolute Gasteiger partial charge is 0.465 e. The van der Waals surface area contributed by atoms with Crippen molar-refractivity contribution in [3.63, 3.8) is 0 Å². The molecule has 1 saturated heterocycles. The van der Waals surface area contributed by atoms with Crippen LogP contribution in [0.3, 0.4) is 0 Å². The van der Waals surface area contributed by atoms with Gasteiger partial charge in [-0.2, -0.15) is 0 Å². The molecule has 0 atom stereocenters. The lowest BCUT2D eigenvalue weighted by atomic mass is 10.2. The van der Waals surface area contributed by atoms with Gasteiger partial charge < -0.3 is 9.73 Å². The van der Waals surface area contributed by atoms with Crippen molar-refractivity contribution in [1.29, 1.82) is 0 Å². The molecule has 2 amide bonds. The maximum atomic E-state index is 12.4. The summed E-state index contributed by atoms with van der Waals surface area (Å²) in [5.74, 6) is 0.288. The molecule has 25 heavy (non-hydrogen) atoms. The first-order valence-corrected chi connectivity index (χ1v) is 8.95. The van der Waals surface area contributed by atoms with E-state index in [4.69, 9.17) is 16.6 Å². The number of hydrogen-bond donors (Lipinski definition) is 1. The maximum Gasteiger partial charge on any atom is 0.266 e. The van der Waals surface area contributed by atoms with E-state index in [1.807, 2.05) is 30.3 Å². The predicted molar refractivity (Wildman–Crippen MR) is 101 cm³/mol. The predicted octanol–water partition coefficient (Wildman–Crippen LogP) is 3.19. The topological polar surface area (TPSA) is 62.6 Å². The number of thiocarbonyl (C=S) groups is 1. The van der Waals surface area contributed by atoms with E-state index in [0.717, 1.165) is 5.56 Å². The van der Waals surface area contributed by atoms with Gasteiger partial charge in [-0.05, 0) is 17.7 Å². The summed E-state index contributed by atoms with van der Waals surface area (Å²) in [7, 11) is 0. The molecule has 1 aromatic heterocycles. The van der Waals surface area contributed by atoms with Crippen molar-refractivity contribution in [2.45, 2.75) is 13.0 Å². The summed E-state index contributed by atoms with van der Waals surface area (Å²) < 4.78 is 5.68. The summed E-state index contributed by atoms with van der Waals surface area (Å²) in [6.45, 7) is 0.733. The quantitative estimate of drug-likeness (QED) is 0.623. The molecule has 0 saturated carbocycles. The van der Waals surface area contributed by atoms with Crippen LogP contribution in [0.5, 0.6) is 0 Å². The standard InChI is InChI=1S/C18H16N2O3S2/c21-16(19-12-13-5-2-1-3-6-13)8-9-20-17(22)15(25-18(20)24)11-14-7-4-10-23-14/h1-7,10-11H,8-9,12H2,(H,19,21)/b15-11-. The zero-order chi connectivity index (χ0) is 17.6. The van der Waals surface area contributed by atoms with Crippen LogP contribution in [0.2, 0.25) is 0 Å². The summed E-state index contributed by atoms with van der Waals surface area (Å²) in [5, 5.41) is 2.84. The second-order valence-corrected chi connectivity index (χ2v) is 7.04. The van der Waals surface area contributed by atoms with Crippen molar-refractivity contribution in [3.8, 4) is 0 Å². The van der Waals surface area contributed by atoms with Gasteiger partial charge in [-0.15, -0.1) is 0 Å². The van der Waals surface area contributed by atoms with Crippen LogP contribution in [0, 0.1) is 0 Å². The summed E-state index contributed by atoms with van der Waals surface area (Å²) in [6.07, 6.45) is 3.41. The first-order valence-electron chi connectivity index (χ1n) is 7.73. The Labute approximate surface area is 155 Å². The first kappa shape index (κ1) is 17.4. The lowest BCUT2D eigenvalue weighted by Gasteiger charge is -2.14. The second-order valence-electron chi connectivity index (χ2n) is 5.36. The van der Waals surface area contributed by atoms with E-state index in [0.29, 0.717) is 21.5 Å². The Morgan fingerprint density at radius 2 is 2.04 bits per heavy atom. The molecule has 1 aromatic carbocycles. The van der Waals surface area contributed by atoms with E-state index in [1.54, 1.807) is 24.5 Å². The second kappa shape index (κ2) is 8.13. The fraction of sp³-hybridized carbons (Fsp3) is 0.167. The zero-order valence-electron chi connectivity index (χ0n) is 13.3. The molecular formula is C18H16N2O3S2. The number of nitrogens with zero attached hydrogens (tertiary/aromatic N) is 1. The fourth-order valence-corrected chi connectivity index (χ4v) is 3.58. The SMILES string of the molecule is O=C(CCN1C(=O)/C(=C/c2ccco2)SC1=S)NCc1ccccc1. The van der Waals surface area contributed by atoms with Crippen molar-refractivity contribution < 1.29 is 14.0 Å². The number of thioether (sulfide) groups is 1. The van der Waals surface area contributed by atoms with Crippen LogP contribution in [0.25, 0.3) is 6.08 Å². The van der Waals surface area contributed by atoms with E-state index in [9.17, 15) is 9.59 Å². The molecule has 0 spiro atoms. The molecule has 1 fully saturated rings. The number of amides is 2. The van der Waals surface area contributed by atoms with Crippen molar-refractivity contribution >= 4 is 46.2 Å². The average molecular weight is 372 g/mol. The first-order chi connectivity index (χ1) is 12.1. The molecule has 1 aliphatic rings. The molecule has 0 unspecified atom stereocenters. The molecule has 2 aromatic rings. The van der Waals surface area contributed by atoms with Gasteiger partial charge in [-0.25, -0.2) is 0 Å².